The first kappa shape index (κ1) is 21.2. The second-order valence-corrected chi connectivity index (χ2v) is 8.20. The number of hydrogen-bond acceptors (Lipinski definition) is 3. The van der Waals surface area contributed by atoms with E-state index in [1.807, 2.05) is 26.8 Å². The summed E-state index contributed by atoms with van der Waals surface area (Å²) in [6.07, 6.45) is 3.46. The van der Waals surface area contributed by atoms with Gasteiger partial charge in [-0.25, -0.2) is 9.18 Å². The van der Waals surface area contributed by atoms with Gasteiger partial charge in [0.15, 0.2) is 0 Å². The zero-order valence-corrected chi connectivity index (χ0v) is 16.6. The minimum atomic E-state index is -0.486. The smallest absolute Gasteiger partial charge is 0.410 e. The van der Waals surface area contributed by atoms with Crippen molar-refractivity contribution >= 4 is 12.0 Å². The summed E-state index contributed by atoms with van der Waals surface area (Å²) in [7, 11) is 0. The van der Waals surface area contributed by atoms with E-state index in [1.165, 1.54) is 12.1 Å². The van der Waals surface area contributed by atoms with Gasteiger partial charge in [0.2, 0.25) is 5.91 Å². The Labute approximate surface area is 161 Å². The molecule has 1 unspecified atom stereocenters. The topological polar surface area (TPSA) is 58.6 Å². The van der Waals surface area contributed by atoms with Gasteiger partial charge < -0.3 is 15.0 Å². The summed E-state index contributed by atoms with van der Waals surface area (Å²) < 4.78 is 18.6. The van der Waals surface area contributed by atoms with Gasteiger partial charge in [0.1, 0.15) is 11.4 Å². The molecule has 1 aliphatic rings. The molecular weight excluding hydrogens is 347 g/mol. The fourth-order valence-electron chi connectivity index (χ4n) is 3.25. The number of nitrogens with zero attached hydrogens (tertiary/aromatic N) is 1. The second-order valence-electron chi connectivity index (χ2n) is 8.20. The highest BCUT2D eigenvalue weighted by molar-refractivity contribution is 5.76. The molecule has 2 rings (SSSR count). The first-order valence-corrected chi connectivity index (χ1v) is 9.72. The number of ether oxygens (including phenoxy) is 1. The van der Waals surface area contributed by atoms with E-state index in [9.17, 15) is 14.0 Å². The molecule has 2 amide bonds. The number of nitrogens with one attached hydrogen (secondary N) is 1. The molecule has 0 radical (unpaired) electrons. The first-order valence-electron chi connectivity index (χ1n) is 9.72. The average Bonchev–Trinajstić information content (AvgIpc) is 2.59. The molecule has 27 heavy (non-hydrogen) atoms. The minimum Gasteiger partial charge on any atom is -0.444 e. The molecule has 1 N–H and O–H groups in total. The maximum atomic E-state index is 13.1. The Kier molecular flexibility index (Phi) is 7.63. The first-order chi connectivity index (χ1) is 12.7. The lowest BCUT2D eigenvalue weighted by Crippen LogP contribution is -2.43. The molecule has 0 bridgehead atoms. The van der Waals surface area contributed by atoms with Crippen molar-refractivity contribution in [2.45, 2.75) is 58.5 Å². The van der Waals surface area contributed by atoms with Gasteiger partial charge in [-0.15, -0.1) is 0 Å². The van der Waals surface area contributed by atoms with Crippen molar-refractivity contribution < 1.29 is 18.7 Å². The molecule has 0 aromatic heterocycles. The van der Waals surface area contributed by atoms with E-state index in [-0.39, 0.29) is 17.8 Å². The Balaban J connectivity index is 1.67. The Morgan fingerprint density at radius 3 is 2.81 bits per heavy atom. The Morgan fingerprint density at radius 1 is 1.33 bits per heavy atom. The van der Waals surface area contributed by atoms with Crippen molar-refractivity contribution in [1.82, 2.24) is 10.2 Å². The lowest BCUT2D eigenvalue weighted by molar-refractivity contribution is -0.121. The molecule has 0 saturated carbocycles. The van der Waals surface area contributed by atoms with Crippen molar-refractivity contribution in [2.24, 2.45) is 5.92 Å². The second kappa shape index (κ2) is 9.72. The lowest BCUT2D eigenvalue weighted by atomic mass is 9.95. The van der Waals surface area contributed by atoms with Gasteiger partial charge in [-0.1, -0.05) is 12.1 Å². The van der Waals surface area contributed by atoms with Crippen LogP contribution in [0.4, 0.5) is 9.18 Å². The van der Waals surface area contributed by atoms with Crippen LogP contribution >= 0.6 is 0 Å². The van der Waals surface area contributed by atoms with Crippen LogP contribution in [0.5, 0.6) is 0 Å². The molecule has 1 heterocycles. The fourth-order valence-corrected chi connectivity index (χ4v) is 3.25. The average molecular weight is 378 g/mol. The molecule has 1 aromatic carbocycles. The van der Waals surface area contributed by atoms with Crippen LogP contribution in [0.2, 0.25) is 0 Å². The molecular formula is C21H31FN2O3. The van der Waals surface area contributed by atoms with Gasteiger partial charge in [0.05, 0.1) is 0 Å². The number of likely N-dealkylation sites (tertiary alicyclic amines) is 1. The standard InChI is InChI=1S/C21H31FN2O3/c1-21(2,3)27-20(26)24-13-5-7-17(15-24)11-12-23-19(25)10-9-16-6-4-8-18(22)14-16/h4,6,8,14,17H,5,7,9-13,15H2,1-3H3,(H,23,25). The number of carbonyl (C=O) groups is 2. The van der Waals surface area contributed by atoms with Gasteiger partial charge in [0, 0.05) is 26.1 Å². The highest BCUT2D eigenvalue weighted by atomic mass is 19.1. The minimum absolute atomic E-state index is 0.0286. The van der Waals surface area contributed by atoms with Crippen LogP contribution in [0.1, 0.15) is 52.0 Å². The summed E-state index contributed by atoms with van der Waals surface area (Å²) in [5, 5.41) is 2.93. The predicted molar refractivity (Wildman–Crippen MR) is 103 cm³/mol. The Morgan fingerprint density at radius 2 is 2.11 bits per heavy atom. The third kappa shape index (κ3) is 7.97. The molecule has 5 nitrogen and oxygen atoms in total. The van der Waals surface area contributed by atoms with Crippen LogP contribution in [-0.2, 0) is 16.0 Å². The van der Waals surface area contributed by atoms with Crippen LogP contribution in [0.3, 0.4) is 0 Å². The molecule has 1 atom stereocenters. The molecule has 0 aliphatic carbocycles. The number of amides is 2. The predicted octanol–water partition coefficient (Wildman–Crippen LogP) is 3.91. The van der Waals surface area contributed by atoms with Crippen molar-refractivity contribution in [3.63, 3.8) is 0 Å². The van der Waals surface area contributed by atoms with E-state index in [0.29, 0.717) is 31.8 Å². The third-order valence-corrected chi connectivity index (χ3v) is 4.58. The number of hydrogen-bond donors (Lipinski definition) is 1. The molecule has 150 valence electrons. The zero-order chi connectivity index (χ0) is 19.9. The monoisotopic (exact) mass is 378 g/mol. The lowest BCUT2D eigenvalue weighted by Gasteiger charge is -2.34. The quantitative estimate of drug-likeness (QED) is 0.816. The van der Waals surface area contributed by atoms with Gasteiger partial charge in [-0.3, -0.25) is 4.79 Å². The van der Waals surface area contributed by atoms with E-state index in [1.54, 1.807) is 11.0 Å². The van der Waals surface area contributed by atoms with E-state index in [4.69, 9.17) is 4.74 Å². The summed E-state index contributed by atoms with van der Waals surface area (Å²) in [4.78, 5) is 25.9. The summed E-state index contributed by atoms with van der Waals surface area (Å²) in [6, 6.07) is 6.33. The number of benzene rings is 1. The van der Waals surface area contributed by atoms with Crippen LogP contribution in [0.15, 0.2) is 24.3 Å². The number of aryl methyl sites for hydroxylation is 1. The maximum Gasteiger partial charge on any atom is 0.410 e. The van der Waals surface area contributed by atoms with Gasteiger partial charge in [-0.2, -0.15) is 0 Å². The van der Waals surface area contributed by atoms with Gasteiger partial charge in [0.25, 0.3) is 0 Å². The van der Waals surface area contributed by atoms with Crippen LogP contribution < -0.4 is 5.32 Å². The highest BCUT2D eigenvalue weighted by Gasteiger charge is 2.27. The number of halogens is 1. The summed E-state index contributed by atoms with van der Waals surface area (Å²) in [6.45, 7) is 7.59. The third-order valence-electron chi connectivity index (χ3n) is 4.58. The van der Waals surface area contributed by atoms with E-state index in [2.05, 4.69) is 5.32 Å². The molecule has 1 saturated heterocycles. The van der Waals surface area contributed by atoms with Crippen LogP contribution in [0, 0.1) is 11.7 Å². The summed E-state index contributed by atoms with van der Waals surface area (Å²) in [5.74, 6) is 0.0635. The van der Waals surface area contributed by atoms with Crippen LogP contribution in [-0.4, -0.2) is 42.1 Å². The van der Waals surface area contributed by atoms with E-state index >= 15 is 0 Å². The number of rotatable bonds is 6. The Hall–Kier alpha value is -2.11. The van der Waals surface area contributed by atoms with Crippen molar-refractivity contribution in [3.05, 3.63) is 35.6 Å². The molecule has 1 aliphatic heterocycles. The molecule has 6 heteroatoms. The molecule has 1 fully saturated rings. The van der Waals surface area contributed by atoms with E-state index < -0.39 is 5.60 Å². The van der Waals surface area contributed by atoms with Crippen molar-refractivity contribution in [2.75, 3.05) is 19.6 Å². The highest BCUT2D eigenvalue weighted by Crippen LogP contribution is 2.21. The summed E-state index contributed by atoms with van der Waals surface area (Å²) >= 11 is 0. The fraction of sp³-hybridized carbons (Fsp3) is 0.619. The van der Waals surface area contributed by atoms with Gasteiger partial charge in [-0.05, 0) is 70.1 Å². The van der Waals surface area contributed by atoms with Crippen molar-refractivity contribution in [1.29, 1.82) is 0 Å². The largest absolute Gasteiger partial charge is 0.444 e. The summed E-state index contributed by atoms with van der Waals surface area (Å²) in [5.41, 5.74) is 0.338. The van der Waals surface area contributed by atoms with Gasteiger partial charge >= 0.3 is 6.09 Å². The number of piperidine rings is 1. The Bertz CT molecular complexity index is 643. The number of carbonyl (C=O) groups excluding carboxylic acids is 2. The zero-order valence-electron chi connectivity index (χ0n) is 16.6. The molecule has 1 aromatic rings. The molecule has 0 spiro atoms. The normalized spacial score (nSPS) is 17.5. The van der Waals surface area contributed by atoms with Crippen molar-refractivity contribution in [3.8, 4) is 0 Å². The van der Waals surface area contributed by atoms with E-state index in [0.717, 1.165) is 31.4 Å². The maximum absolute atomic E-state index is 13.1. The van der Waals surface area contributed by atoms with Crippen LogP contribution in [0.25, 0.3) is 0 Å². The SMILES string of the molecule is CC(C)(C)OC(=O)N1CCCC(CCNC(=O)CCc2cccc(F)c2)C1.